The second-order valence-electron chi connectivity index (χ2n) is 7.80. The maximum atomic E-state index is 12.9. The van der Waals surface area contributed by atoms with Crippen molar-refractivity contribution in [2.75, 3.05) is 18.4 Å². The van der Waals surface area contributed by atoms with Crippen LogP contribution in [0.3, 0.4) is 0 Å². The zero-order valence-corrected chi connectivity index (χ0v) is 15.3. The third-order valence-corrected chi connectivity index (χ3v) is 5.87. The summed E-state index contributed by atoms with van der Waals surface area (Å²) in [6.45, 7) is 6.43. The van der Waals surface area contributed by atoms with Gasteiger partial charge < -0.3 is 16.0 Å². The first-order valence-electron chi connectivity index (χ1n) is 8.23. The molecule has 6 nitrogen and oxygen atoms in total. The van der Waals surface area contributed by atoms with Gasteiger partial charge in [-0.2, -0.15) is 0 Å². The summed E-state index contributed by atoms with van der Waals surface area (Å²) >= 11 is 6.24. The highest BCUT2D eigenvalue weighted by Crippen LogP contribution is 2.62. The Balaban J connectivity index is 1.83. The molecule has 3 amide bonds. The molecule has 1 aromatic rings. The molecule has 3 rings (SSSR count). The third kappa shape index (κ3) is 2.78. The van der Waals surface area contributed by atoms with Crippen molar-refractivity contribution in [2.45, 2.75) is 27.2 Å². The molecule has 0 radical (unpaired) electrons. The standard InChI is InChI=1S/C18H22ClN3O3/c1-10(23)21-11-4-5-12(13(19)6-11)15(24)22-7-14-17(2,3)8-18(14,9-22)16(20)25/h4-6,14H,7-9H2,1-3H3,(H2,20,25)(H,21,23)/t14-,18+/m1/s1. The first kappa shape index (κ1) is 17.7. The Morgan fingerprint density at radius 3 is 2.48 bits per heavy atom. The SMILES string of the molecule is CC(=O)Nc1ccc(C(=O)N2C[C@@H]3C(C)(C)C[C@]3(C(N)=O)C2)c(Cl)c1. The summed E-state index contributed by atoms with van der Waals surface area (Å²) in [4.78, 5) is 37.7. The van der Waals surface area contributed by atoms with E-state index in [-0.39, 0.29) is 34.1 Å². The van der Waals surface area contributed by atoms with Crippen molar-refractivity contribution < 1.29 is 14.4 Å². The topological polar surface area (TPSA) is 92.5 Å². The molecule has 25 heavy (non-hydrogen) atoms. The molecule has 1 aromatic carbocycles. The van der Waals surface area contributed by atoms with Gasteiger partial charge in [0.2, 0.25) is 11.8 Å². The Morgan fingerprint density at radius 2 is 2.00 bits per heavy atom. The molecule has 2 aliphatic rings. The van der Waals surface area contributed by atoms with Gasteiger partial charge in [-0.05, 0) is 36.0 Å². The number of benzene rings is 1. The quantitative estimate of drug-likeness (QED) is 0.862. The number of nitrogens with zero attached hydrogens (tertiary/aromatic N) is 1. The minimum absolute atomic E-state index is 0.0108. The second kappa shape index (κ2) is 5.73. The van der Waals surface area contributed by atoms with Crippen LogP contribution >= 0.6 is 11.6 Å². The number of hydrogen-bond donors (Lipinski definition) is 2. The van der Waals surface area contributed by atoms with Gasteiger partial charge in [-0.3, -0.25) is 14.4 Å². The van der Waals surface area contributed by atoms with Crippen molar-refractivity contribution in [1.82, 2.24) is 4.90 Å². The van der Waals surface area contributed by atoms with Gasteiger partial charge in [0.1, 0.15) is 0 Å². The minimum Gasteiger partial charge on any atom is -0.369 e. The zero-order valence-electron chi connectivity index (χ0n) is 14.6. The lowest BCUT2D eigenvalue weighted by molar-refractivity contribution is -0.148. The zero-order chi connectivity index (χ0) is 18.6. The first-order chi connectivity index (χ1) is 11.6. The minimum atomic E-state index is -0.623. The van der Waals surface area contributed by atoms with Gasteiger partial charge in [0.25, 0.3) is 5.91 Å². The maximum Gasteiger partial charge on any atom is 0.255 e. The van der Waals surface area contributed by atoms with E-state index in [2.05, 4.69) is 19.2 Å². The van der Waals surface area contributed by atoms with Crippen LogP contribution in [0.2, 0.25) is 5.02 Å². The monoisotopic (exact) mass is 363 g/mol. The normalized spacial score (nSPS) is 26.6. The van der Waals surface area contributed by atoms with E-state index in [0.717, 1.165) is 0 Å². The van der Waals surface area contributed by atoms with Gasteiger partial charge in [-0.15, -0.1) is 0 Å². The molecule has 2 atom stereocenters. The number of amides is 3. The summed E-state index contributed by atoms with van der Waals surface area (Å²) in [6.07, 6.45) is 0.693. The third-order valence-electron chi connectivity index (χ3n) is 5.56. The van der Waals surface area contributed by atoms with Gasteiger partial charge >= 0.3 is 0 Å². The predicted octanol–water partition coefficient (Wildman–Crippen LogP) is 2.27. The van der Waals surface area contributed by atoms with Gasteiger partial charge in [-0.1, -0.05) is 25.4 Å². The number of carbonyl (C=O) groups excluding carboxylic acids is 3. The fraction of sp³-hybridized carbons (Fsp3) is 0.500. The predicted molar refractivity (Wildman–Crippen MR) is 95.2 cm³/mol. The molecule has 3 N–H and O–H groups in total. The van der Waals surface area contributed by atoms with Crippen molar-refractivity contribution in [3.8, 4) is 0 Å². The van der Waals surface area contributed by atoms with E-state index in [1.807, 2.05) is 0 Å². The molecule has 1 aliphatic heterocycles. The highest BCUT2D eigenvalue weighted by Gasteiger charge is 2.66. The van der Waals surface area contributed by atoms with E-state index in [4.69, 9.17) is 17.3 Å². The van der Waals surface area contributed by atoms with E-state index < -0.39 is 5.41 Å². The van der Waals surface area contributed by atoms with Gasteiger partial charge in [0, 0.05) is 25.7 Å². The van der Waals surface area contributed by atoms with Crippen molar-refractivity contribution in [1.29, 1.82) is 0 Å². The summed E-state index contributed by atoms with van der Waals surface area (Å²) in [5, 5.41) is 2.89. The highest BCUT2D eigenvalue weighted by atomic mass is 35.5. The number of halogens is 1. The molecule has 0 unspecified atom stereocenters. The van der Waals surface area contributed by atoms with E-state index in [0.29, 0.717) is 30.8 Å². The average Bonchev–Trinajstić information content (AvgIpc) is 2.82. The van der Waals surface area contributed by atoms with Crippen LogP contribution in [0, 0.1) is 16.7 Å². The summed E-state index contributed by atoms with van der Waals surface area (Å²) < 4.78 is 0. The van der Waals surface area contributed by atoms with Crippen LogP contribution in [0.25, 0.3) is 0 Å². The maximum absolute atomic E-state index is 12.9. The molecule has 0 spiro atoms. The Hall–Kier alpha value is -2.08. The van der Waals surface area contributed by atoms with Crippen LogP contribution < -0.4 is 11.1 Å². The number of nitrogens with one attached hydrogen (secondary N) is 1. The van der Waals surface area contributed by atoms with Crippen LogP contribution in [0.1, 0.15) is 37.6 Å². The Labute approximate surface area is 151 Å². The first-order valence-corrected chi connectivity index (χ1v) is 8.61. The van der Waals surface area contributed by atoms with Gasteiger partial charge in [0.15, 0.2) is 0 Å². The smallest absolute Gasteiger partial charge is 0.255 e. The van der Waals surface area contributed by atoms with E-state index in [9.17, 15) is 14.4 Å². The number of carbonyl (C=O) groups is 3. The van der Waals surface area contributed by atoms with Crippen LogP contribution in [-0.4, -0.2) is 35.7 Å². The van der Waals surface area contributed by atoms with Crippen LogP contribution in [-0.2, 0) is 9.59 Å². The molecule has 1 saturated carbocycles. The summed E-state index contributed by atoms with van der Waals surface area (Å²) in [7, 11) is 0. The summed E-state index contributed by atoms with van der Waals surface area (Å²) in [5.74, 6) is -0.694. The molecule has 0 aromatic heterocycles. The molecule has 1 aliphatic carbocycles. The fourth-order valence-electron chi connectivity index (χ4n) is 4.52. The molecular formula is C18H22ClN3O3. The lowest BCUT2D eigenvalue weighted by Gasteiger charge is -2.54. The number of rotatable bonds is 3. The van der Waals surface area contributed by atoms with Gasteiger partial charge in [0.05, 0.1) is 16.0 Å². The Kier molecular flexibility index (Phi) is 4.06. The number of anilines is 1. The van der Waals surface area contributed by atoms with E-state index in [1.54, 1.807) is 23.1 Å². The van der Waals surface area contributed by atoms with Crippen molar-refractivity contribution in [3.05, 3.63) is 28.8 Å². The average molecular weight is 364 g/mol. The van der Waals surface area contributed by atoms with E-state index >= 15 is 0 Å². The Morgan fingerprint density at radius 1 is 1.32 bits per heavy atom. The fourth-order valence-corrected chi connectivity index (χ4v) is 4.78. The number of hydrogen-bond acceptors (Lipinski definition) is 3. The summed E-state index contributed by atoms with van der Waals surface area (Å²) in [5.41, 5.74) is 5.90. The van der Waals surface area contributed by atoms with Crippen LogP contribution in [0.5, 0.6) is 0 Å². The molecule has 1 heterocycles. The number of nitrogens with two attached hydrogens (primary N) is 1. The molecule has 0 bridgehead atoms. The van der Waals surface area contributed by atoms with Crippen molar-refractivity contribution in [2.24, 2.45) is 22.5 Å². The Bertz CT molecular complexity index is 777. The second-order valence-corrected chi connectivity index (χ2v) is 8.21. The lowest BCUT2D eigenvalue weighted by Crippen LogP contribution is -2.59. The number of primary amides is 1. The van der Waals surface area contributed by atoms with Crippen molar-refractivity contribution in [3.63, 3.8) is 0 Å². The lowest BCUT2D eigenvalue weighted by atomic mass is 9.48. The van der Waals surface area contributed by atoms with Crippen LogP contribution in [0.4, 0.5) is 5.69 Å². The molecule has 2 fully saturated rings. The molecule has 134 valence electrons. The number of likely N-dealkylation sites (tertiary alicyclic amines) is 1. The molecule has 1 saturated heterocycles. The van der Waals surface area contributed by atoms with Crippen molar-refractivity contribution >= 4 is 35.0 Å². The molecular weight excluding hydrogens is 342 g/mol. The van der Waals surface area contributed by atoms with Gasteiger partial charge in [-0.25, -0.2) is 0 Å². The summed E-state index contributed by atoms with van der Waals surface area (Å²) in [6, 6.07) is 4.78. The van der Waals surface area contributed by atoms with Crippen LogP contribution in [0.15, 0.2) is 18.2 Å². The van der Waals surface area contributed by atoms with E-state index in [1.165, 1.54) is 6.92 Å². The largest absolute Gasteiger partial charge is 0.369 e. The molecule has 7 heteroatoms. The highest BCUT2D eigenvalue weighted by molar-refractivity contribution is 6.34. The number of fused-ring (bicyclic) bond motifs is 1.